The summed E-state index contributed by atoms with van der Waals surface area (Å²) in [5, 5.41) is 0.0992. The van der Waals surface area contributed by atoms with E-state index in [0.29, 0.717) is 6.42 Å². The fourth-order valence-corrected chi connectivity index (χ4v) is 2.87. The third-order valence-corrected chi connectivity index (χ3v) is 3.96. The largest absolute Gasteiger partial charge is 0.324 e. The van der Waals surface area contributed by atoms with Crippen LogP contribution in [-0.4, -0.2) is 0 Å². The van der Waals surface area contributed by atoms with Gasteiger partial charge in [-0.3, -0.25) is 0 Å². The van der Waals surface area contributed by atoms with Crippen molar-refractivity contribution in [3.05, 3.63) is 55.9 Å². The highest BCUT2D eigenvalue weighted by Crippen LogP contribution is 2.27. The van der Waals surface area contributed by atoms with E-state index in [1.165, 1.54) is 17.4 Å². The van der Waals surface area contributed by atoms with Gasteiger partial charge in [0.05, 0.1) is 9.36 Å². The number of hydrogen-bond donors (Lipinski definition) is 1. The van der Waals surface area contributed by atoms with Crippen LogP contribution in [0.15, 0.2) is 30.3 Å². The molecule has 1 aromatic carbocycles. The van der Waals surface area contributed by atoms with Gasteiger partial charge >= 0.3 is 0 Å². The maximum atomic E-state index is 13.0. The lowest BCUT2D eigenvalue weighted by Gasteiger charge is -2.11. The zero-order chi connectivity index (χ0) is 12.4. The van der Waals surface area contributed by atoms with E-state index in [1.54, 1.807) is 12.1 Å². The van der Waals surface area contributed by atoms with Gasteiger partial charge in [0.1, 0.15) is 5.82 Å². The summed E-state index contributed by atoms with van der Waals surface area (Å²) in [4.78, 5) is 1.10. The normalized spacial score (nSPS) is 12.7. The van der Waals surface area contributed by atoms with Crippen molar-refractivity contribution in [2.45, 2.75) is 12.5 Å². The van der Waals surface area contributed by atoms with Crippen LogP contribution < -0.4 is 5.73 Å². The second kappa shape index (κ2) is 5.36. The first kappa shape index (κ1) is 12.8. The van der Waals surface area contributed by atoms with Gasteiger partial charge in [-0.2, -0.15) is 0 Å². The first-order chi connectivity index (χ1) is 8.06. The van der Waals surface area contributed by atoms with Crippen molar-refractivity contribution in [1.82, 2.24) is 0 Å². The molecule has 2 rings (SSSR count). The summed E-state index contributed by atoms with van der Waals surface area (Å²) in [5.41, 5.74) is 6.86. The molecule has 17 heavy (non-hydrogen) atoms. The van der Waals surface area contributed by atoms with E-state index < -0.39 is 5.82 Å². The second-order valence-corrected chi connectivity index (χ2v) is 5.90. The lowest BCUT2D eigenvalue weighted by molar-refractivity contribution is 0.625. The standard InChI is InChI=1S/C12H10Cl2FNS/c13-9-5-7(1-3-10(9)15)11(16)6-8-2-4-12(14)17-8/h1-5,11H,6,16H2. The van der Waals surface area contributed by atoms with Crippen LogP contribution in [0.3, 0.4) is 0 Å². The van der Waals surface area contributed by atoms with Gasteiger partial charge in [0, 0.05) is 17.3 Å². The number of thiophene rings is 1. The molecule has 0 radical (unpaired) electrons. The summed E-state index contributed by atoms with van der Waals surface area (Å²) >= 11 is 13.1. The number of nitrogens with two attached hydrogens (primary N) is 1. The highest BCUT2D eigenvalue weighted by molar-refractivity contribution is 7.16. The summed E-state index contributed by atoms with van der Waals surface area (Å²) in [6.07, 6.45) is 0.666. The number of benzene rings is 1. The summed E-state index contributed by atoms with van der Waals surface area (Å²) in [6.45, 7) is 0. The van der Waals surface area contributed by atoms with E-state index in [1.807, 2.05) is 12.1 Å². The minimum atomic E-state index is -0.429. The molecule has 5 heteroatoms. The Hall–Kier alpha value is -0.610. The third kappa shape index (κ3) is 3.19. The lowest BCUT2D eigenvalue weighted by Crippen LogP contribution is -2.12. The van der Waals surface area contributed by atoms with Crippen molar-refractivity contribution in [1.29, 1.82) is 0 Å². The molecule has 1 nitrogen and oxygen atoms in total. The molecule has 0 aliphatic heterocycles. The van der Waals surface area contributed by atoms with Gasteiger partial charge in [0.2, 0.25) is 0 Å². The average Bonchev–Trinajstić information content (AvgIpc) is 2.68. The van der Waals surface area contributed by atoms with Gasteiger partial charge in [-0.25, -0.2) is 4.39 Å². The average molecular weight is 290 g/mol. The Labute approximate surface area is 113 Å². The molecule has 0 bridgehead atoms. The van der Waals surface area contributed by atoms with Gasteiger partial charge in [0.25, 0.3) is 0 Å². The molecule has 0 spiro atoms. The second-order valence-electron chi connectivity index (χ2n) is 3.69. The van der Waals surface area contributed by atoms with E-state index in [-0.39, 0.29) is 11.1 Å². The predicted molar refractivity (Wildman–Crippen MR) is 71.4 cm³/mol. The van der Waals surface area contributed by atoms with Crippen molar-refractivity contribution in [2.75, 3.05) is 0 Å². The molecule has 0 saturated carbocycles. The molecular weight excluding hydrogens is 280 g/mol. The van der Waals surface area contributed by atoms with Crippen LogP contribution in [-0.2, 0) is 6.42 Å². The molecule has 1 unspecified atom stereocenters. The highest BCUT2D eigenvalue weighted by Gasteiger charge is 2.10. The van der Waals surface area contributed by atoms with Crippen molar-refractivity contribution < 1.29 is 4.39 Å². The van der Waals surface area contributed by atoms with Crippen LogP contribution in [0.2, 0.25) is 9.36 Å². The Balaban J connectivity index is 2.14. The minimum Gasteiger partial charge on any atom is -0.324 e. The molecule has 1 aromatic heterocycles. The van der Waals surface area contributed by atoms with Gasteiger partial charge < -0.3 is 5.73 Å². The van der Waals surface area contributed by atoms with Crippen LogP contribution in [0.25, 0.3) is 0 Å². The molecule has 0 saturated heterocycles. The van der Waals surface area contributed by atoms with E-state index in [4.69, 9.17) is 28.9 Å². The number of rotatable bonds is 3. The molecule has 1 atom stereocenters. The molecule has 0 amide bonds. The van der Waals surface area contributed by atoms with E-state index >= 15 is 0 Å². The quantitative estimate of drug-likeness (QED) is 0.888. The van der Waals surface area contributed by atoms with E-state index in [9.17, 15) is 4.39 Å². The lowest BCUT2D eigenvalue weighted by atomic mass is 10.0. The monoisotopic (exact) mass is 289 g/mol. The minimum absolute atomic E-state index is 0.0992. The van der Waals surface area contributed by atoms with Gasteiger partial charge in [-0.05, 0) is 29.8 Å². The first-order valence-electron chi connectivity index (χ1n) is 5.01. The first-order valence-corrected chi connectivity index (χ1v) is 6.58. The van der Waals surface area contributed by atoms with Gasteiger partial charge in [-0.15, -0.1) is 11.3 Å². The predicted octanol–water partition coefficient (Wildman–Crippen LogP) is 4.44. The Morgan fingerprint density at radius 3 is 2.59 bits per heavy atom. The van der Waals surface area contributed by atoms with E-state index in [2.05, 4.69) is 0 Å². The zero-order valence-corrected chi connectivity index (χ0v) is 11.1. The van der Waals surface area contributed by atoms with Gasteiger partial charge in [-0.1, -0.05) is 29.3 Å². The smallest absolute Gasteiger partial charge is 0.141 e. The fraction of sp³-hybridized carbons (Fsp3) is 0.167. The summed E-state index contributed by atoms with van der Waals surface area (Å²) in [6, 6.07) is 8.13. The highest BCUT2D eigenvalue weighted by atomic mass is 35.5. The van der Waals surface area contributed by atoms with Crippen molar-refractivity contribution in [3.63, 3.8) is 0 Å². The molecule has 0 aliphatic carbocycles. The Morgan fingerprint density at radius 1 is 1.24 bits per heavy atom. The van der Waals surface area contributed by atoms with Crippen LogP contribution >= 0.6 is 34.5 Å². The van der Waals surface area contributed by atoms with Crippen LogP contribution in [0.5, 0.6) is 0 Å². The van der Waals surface area contributed by atoms with Crippen LogP contribution in [0, 0.1) is 5.82 Å². The molecule has 0 fully saturated rings. The van der Waals surface area contributed by atoms with E-state index in [0.717, 1.165) is 14.8 Å². The molecule has 90 valence electrons. The Morgan fingerprint density at radius 2 is 2.00 bits per heavy atom. The maximum absolute atomic E-state index is 13.0. The number of halogens is 3. The molecule has 0 aliphatic rings. The fourth-order valence-electron chi connectivity index (χ4n) is 1.54. The SMILES string of the molecule is NC(Cc1ccc(Cl)s1)c1ccc(F)c(Cl)c1. The Kier molecular flexibility index (Phi) is 4.05. The van der Waals surface area contributed by atoms with Crippen molar-refractivity contribution in [3.8, 4) is 0 Å². The summed E-state index contributed by atoms with van der Waals surface area (Å²) < 4.78 is 13.7. The summed E-state index contributed by atoms with van der Waals surface area (Å²) in [5.74, 6) is -0.429. The van der Waals surface area contributed by atoms with Crippen molar-refractivity contribution >= 4 is 34.5 Å². The van der Waals surface area contributed by atoms with Crippen LogP contribution in [0.4, 0.5) is 4.39 Å². The topological polar surface area (TPSA) is 26.0 Å². The van der Waals surface area contributed by atoms with Crippen molar-refractivity contribution in [2.24, 2.45) is 5.73 Å². The third-order valence-electron chi connectivity index (χ3n) is 2.42. The summed E-state index contributed by atoms with van der Waals surface area (Å²) in [7, 11) is 0. The molecule has 1 heterocycles. The number of hydrogen-bond acceptors (Lipinski definition) is 2. The Bertz CT molecular complexity index is 527. The van der Waals surface area contributed by atoms with Crippen LogP contribution in [0.1, 0.15) is 16.5 Å². The molecular formula is C12H10Cl2FNS. The molecule has 2 aromatic rings. The maximum Gasteiger partial charge on any atom is 0.141 e. The zero-order valence-electron chi connectivity index (χ0n) is 8.79. The van der Waals surface area contributed by atoms with Gasteiger partial charge in [0.15, 0.2) is 0 Å². The molecule has 2 N–H and O–H groups in total.